The van der Waals surface area contributed by atoms with Crippen LogP contribution in [0, 0.1) is 0 Å². The zero-order chi connectivity index (χ0) is 13.2. The van der Waals surface area contributed by atoms with Gasteiger partial charge in [-0.05, 0) is 12.8 Å². The fourth-order valence-corrected chi connectivity index (χ4v) is 2.48. The number of nitrogens with one attached hydrogen (secondary N) is 2. The third-order valence-electron chi connectivity index (χ3n) is 2.98. The van der Waals surface area contributed by atoms with Gasteiger partial charge in [0.05, 0.1) is 24.1 Å². The van der Waals surface area contributed by atoms with Crippen molar-refractivity contribution in [1.82, 2.24) is 25.3 Å². The minimum Gasteiger partial charge on any atom is -0.332 e. The van der Waals surface area contributed by atoms with Crippen LogP contribution in [0.3, 0.4) is 0 Å². The summed E-state index contributed by atoms with van der Waals surface area (Å²) >= 11 is 1.46. The molecule has 1 aliphatic rings. The number of carbonyl (C=O) groups is 1. The van der Waals surface area contributed by atoms with Crippen molar-refractivity contribution in [1.29, 1.82) is 0 Å². The number of amides is 2. The van der Waals surface area contributed by atoms with E-state index in [1.165, 1.54) is 24.2 Å². The van der Waals surface area contributed by atoms with Gasteiger partial charge in [-0.25, -0.2) is 9.78 Å². The van der Waals surface area contributed by atoms with Gasteiger partial charge < -0.3 is 5.32 Å². The van der Waals surface area contributed by atoms with Crippen molar-refractivity contribution in [2.75, 3.05) is 5.32 Å². The fourth-order valence-electron chi connectivity index (χ4n) is 1.69. The molecule has 7 nitrogen and oxygen atoms in total. The Kier molecular flexibility index (Phi) is 3.16. The van der Waals surface area contributed by atoms with Gasteiger partial charge in [0.1, 0.15) is 0 Å². The summed E-state index contributed by atoms with van der Waals surface area (Å²) < 4.78 is 1.62. The van der Waals surface area contributed by atoms with Crippen molar-refractivity contribution in [3.63, 3.8) is 0 Å². The molecule has 1 fully saturated rings. The zero-order valence-corrected chi connectivity index (χ0v) is 11.3. The van der Waals surface area contributed by atoms with E-state index in [4.69, 9.17) is 0 Å². The molecule has 8 heteroatoms. The summed E-state index contributed by atoms with van der Waals surface area (Å²) in [4.78, 5) is 16.1. The number of urea groups is 1. The summed E-state index contributed by atoms with van der Waals surface area (Å²) in [6.07, 6.45) is 4.04. The molecule has 2 aromatic heterocycles. The van der Waals surface area contributed by atoms with E-state index in [9.17, 15) is 4.79 Å². The number of rotatable bonds is 4. The molecule has 0 spiro atoms. The Balaban J connectivity index is 1.51. The van der Waals surface area contributed by atoms with Gasteiger partial charge in [0.25, 0.3) is 0 Å². The summed E-state index contributed by atoms with van der Waals surface area (Å²) in [7, 11) is 1.78. The van der Waals surface area contributed by atoms with Crippen LogP contribution < -0.4 is 10.6 Å². The Morgan fingerprint density at radius 2 is 2.42 bits per heavy atom. The van der Waals surface area contributed by atoms with Crippen LogP contribution in [-0.2, 0) is 13.6 Å². The van der Waals surface area contributed by atoms with Crippen LogP contribution in [0.4, 0.5) is 9.93 Å². The van der Waals surface area contributed by atoms with E-state index in [1.54, 1.807) is 17.9 Å². The molecule has 0 atom stereocenters. The first-order valence-electron chi connectivity index (χ1n) is 6.06. The molecule has 0 aliphatic heterocycles. The van der Waals surface area contributed by atoms with E-state index < -0.39 is 0 Å². The maximum atomic E-state index is 11.7. The van der Waals surface area contributed by atoms with Crippen LogP contribution in [0.1, 0.15) is 30.1 Å². The van der Waals surface area contributed by atoms with E-state index in [2.05, 4.69) is 25.9 Å². The molecule has 2 amide bonds. The Bertz CT molecular complexity index is 588. The predicted molar refractivity (Wildman–Crippen MR) is 71.0 cm³/mol. The van der Waals surface area contributed by atoms with Crippen molar-refractivity contribution in [2.45, 2.75) is 25.3 Å². The first-order valence-corrected chi connectivity index (χ1v) is 6.94. The van der Waals surface area contributed by atoms with E-state index in [0.717, 1.165) is 11.4 Å². The Hall–Kier alpha value is -1.96. The molecule has 0 radical (unpaired) electrons. The highest BCUT2D eigenvalue weighted by atomic mass is 32.1. The highest BCUT2D eigenvalue weighted by Crippen LogP contribution is 2.40. The number of carbonyl (C=O) groups excluding carboxylic acids is 1. The SMILES string of the molecule is Cn1nncc1CNC(=O)Nc1nc(C2CC2)cs1. The smallest absolute Gasteiger partial charge is 0.321 e. The normalized spacial score (nSPS) is 14.4. The summed E-state index contributed by atoms with van der Waals surface area (Å²) in [5.74, 6) is 0.607. The van der Waals surface area contributed by atoms with Gasteiger partial charge in [-0.15, -0.1) is 16.4 Å². The summed E-state index contributed by atoms with van der Waals surface area (Å²) in [5.41, 5.74) is 1.93. The van der Waals surface area contributed by atoms with Crippen molar-refractivity contribution < 1.29 is 4.79 Å². The molecular formula is C11H14N6OS. The second-order valence-corrected chi connectivity index (χ2v) is 5.37. The molecule has 0 aromatic carbocycles. The van der Waals surface area contributed by atoms with Crippen LogP contribution in [-0.4, -0.2) is 26.0 Å². The van der Waals surface area contributed by atoms with Crippen LogP contribution in [0.25, 0.3) is 0 Å². The summed E-state index contributed by atoms with van der Waals surface area (Å²) in [5, 5.41) is 15.7. The van der Waals surface area contributed by atoms with Crippen LogP contribution in [0.2, 0.25) is 0 Å². The topological polar surface area (TPSA) is 84.7 Å². The van der Waals surface area contributed by atoms with Crippen molar-refractivity contribution in [3.8, 4) is 0 Å². The highest BCUT2D eigenvalue weighted by Gasteiger charge is 2.26. The predicted octanol–water partition coefficient (Wildman–Crippen LogP) is 1.47. The van der Waals surface area contributed by atoms with E-state index in [1.807, 2.05) is 5.38 Å². The monoisotopic (exact) mass is 278 g/mol. The molecule has 1 aliphatic carbocycles. The number of nitrogens with zero attached hydrogens (tertiary/aromatic N) is 4. The number of anilines is 1. The largest absolute Gasteiger partial charge is 0.332 e. The van der Waals surface area contributed by atoms with Crippen LogP contribution >= 0.6 is 11.3 Å². The Labute approximate surface area is 114 Å². The highest BCUT2D eigenvalue weighted by molar-refractivity contribution is 7.13. The average molecular weight is 278 g/mol. The third kappa shape index (κ3) is 2.90. The number of thiazole rings is 1. The minimum atomic E-state index is -0.266. The van der Waals surface area contributed by atoms with Crippen molar-refractivity contribution in [3.05, 3.63) is 23.0 Å². The third-order valence-corrected chi connectivity index (χ3v) is 3.75. The van der Waals surface area contributed by atoms with Gasteiger partial charge in [0.2, 0.25) is 0 Å². The molecule has 3 rings (SSSR count). The molecule has 0 bridgehead atoms. The molecule has 2 heterocycles. The van der Waals surface area contributed by atoms with E-state index >= 15 is 0 Å². The number of hydrogen-bond acceptors (Lipinski definition) is 5. The lowest BCUT2D eigenvalue weighted by Gasteiger charge is -2.04. The maximum absolute atomic E-state index is 11.7. The van der Waals surface area contributed by atoms with Crippen molar-refractivity contribution >= 4 is 22.5 Å². The first-order chi connectivity index (χ1) is 9.22. The number of aryl methyl sites for hydroxylation is 1. The molecule has 100 valence electrons. The van der Waals surface area contributed by atoms with Crippen LogP contribution in [0.15, 0.2) is 11.6 Å². The zero-order valence-electron chi connectivity index (χ0n) is 10.5. The van der Waals surface area contributed by atoms with Crippen molar-refractivity contribution in [2.24, 2.45) is 7.05 Å². The van der Waals surface area contributed by atoms with E-state index in [0.29, 0.717) is 17.6 Å². The first kappa shape index (κ1) is 12.1. The van der Waals surface area contributed by atoms with Gasteiger partial charge in [-0.1, -0.05) is 5.21 Å². The molecule has 1 saturated carbocycles. The van der Waals surface area contributed by atoms with Gasteiger partial charge in [-0.2, -0.15) is 0 Å². The van der Waals surface area contributed by atoms with Crippen LogP contribution in [0.5, 0.6) is 0 Å². The molecule has 2 N–H and O–H groups in total. The molecule has 0 saturated heterocycles. The average Bonchev–Trinajstić information content (AvgIpc) is 3.01. The molecular weight excluding hydrogens is 264 g/mol. The number of hydrogen-bond donors (Lipinski definition) is 2. The second kappa shape index (κ2) is 4.96. The lowest BCUT2D eigenvalue weighted by Crippen LogP contribution is -2.28. The second-order valence-electron chi connectivity index (χ2n) is 4.51. The Morgan fingerprint density at radius 1 is 1.58 bits per heavy atom. The molecule has 19 heavy (non-hydrogen) atoms. The molecule has 0 unspecified atom stereocenters. The van der Waals surface area contributed by atoms with Gasteiger partial charge in [0, 0.05) is 18.3 Å². The van der Waals surface area contributed by atoms with Gasteiger partial charge in [-0.3, -0.25) is 10.00 Å². The van der Waals surface area contributed by atoms with Gasteiger partial charge in [0.15, 0.2) is 5.13 Å². The minimum absolute atomic E-state index is 0.266. The molecule has 2 aromatic rings. The standard InChI is InChI=1S/C11H14N6OS/c1-17-8(5-13-16-17)4-12-10(18)15-11-14-9(6-19-11)7-2-3-7/h5-7H,2-4H2,1H3,(H2,12,14,15,18). The summed E-state index contributed by atoms with van der Waals surface area (Å²) in [6, 6.07) is -0.266. The lowest BCUT2D eigenvalue weighted by atomic mass is 10.3. The number of aromatic nitrogens is 4. The van der Waals surface area contributed by atoms with Gasteiger partial charge >= 0.3 is 6.03 Å². The maximum Gasteiger partial charge on any atom is 0.321 e. The Morgan fingerprint density at radius 3 is 3.11 bits per heavy atom. The van der Waals surface area contributed by atoms with E-state index in [-0.39, 0.29) is 6.03 Å². The lowest BCUT2D eigenvalue weighted by molar-refractivity contribution is 0.251. The quantitative estimate of drug-likeness (QED) is 0.887. The fraction of sp³-hybridized carbons (Fsp3) is 0.455. The summed E-state index contributed by atoms with van der Waals surface area (Å²) in [6.45, 7) is 0.385.